The number of nitrogen functional groups attached to an aromatic ring is 1. The van der Waals surface area contributed by atoms with Crippen LogP contribution in [0.15, 0.2) is 54.7 Å². The van der Waals surface area contributed by atoms with Gasteiger partial charge in [0.2, 0.25) is 5.91 Å². The Morgan fingerprint density at radius 1 is 1.14 bits per heavy atom. The van der Waals surface area contributed by atoms with Crippen molar-refractivity contribution < 1.29 is 14.4 Å². The standard InChI is InChI=1S/C25H27N7O3/c1-3-5-20(33)31-13-4-6-18(31)24-30-21(22(23(26)34)32(24)27)16-8-10-17(11-9-16)25(35)29-19-12-7-15(2)14-28-19/h3,5,7-12,14,18H,4,6,13,27H2,1-2H3,(H2,26,34)(H,28,29,35)/b5-3+/t18-/m0/s1. The van der Waals surface area contributed by atoms with Crippen LogP contribution in [-0.2, 0) is 4.79 Å². The summed E-state index contributed by atoms with van der Waals surface area (Å²) in [5.41, 5.74) is 7.93. The minimum atomic E-state index is -0.738. The number of likely N-dealkylation sites (tertiary alicyclic amines) is 1. The predicted molar refractivity (Wildman–Crippen MR) is 132 cm³/mol. The topological polar surface area (TPSA) is 149 Å². The van der Waals surface area contributed by atoms with Gasteiger partial charge in [-0.05, 0) is 56.5 Å². The van der Waals surface area contributed by atoms with Crippen LogP contribution in [0.1, 0.15) is 58.0 Å². The molecule has 0 bridgehead atoms. The first-order valence-electron chi connectivity index (χ1n) is 11.3. The van der Waals surface area contributed by atoms with Gasteiger partial charge < -0.3 is 21.8 Å². The van der Waals surface area contributed by atoms with Crippen LogP contribution in [0.4, 0.5) is 5.82 Å². The normalized spacial score (nSPS) is 15.5. The van der Waals surface area contributed by atoms with Crippen LogP contribution >= 0.6 is 0 Å². The molecule has 3 amide bonds. The second-order valence-electron chi connectivity index (χ2n) is 8.34. The van der Waals surface area contributed by atoms with Crippen LogP contribution in [0.3, 0.4) is 0 Å². The Bertz CT molecular complexity index is 1290. The summed E-state index contributed by atoms with van der Waals surface area (Å²) in [6, 6.07) is 9.80. The number of hydrogen-bond acceptors (Lipinski definition) is 6. The highest BCUT2D eigenvalue weighted by atomic mass is 16.2. The van der Waals surface area contributed by atoms with E-state index in [1.165, 1.54) is 10.8 Å². The molecule has 180 valence electrons. The Hall–Kier alpha value is -4.47. The Morgan fingerprint density at radius 2 is 1.89 bits per heavy atom. The number of aromatic nitrogens is 3. The molecule has 0 saturated carbocycles. The summed E-state index contributed by atoms with van der Waals surface area (Å²) in [6.07, 6.45) is 6.30. The molecule has 3 heterocycles. The maximum atomic E-state index is 12.6. The van der Waals surface area contributed by atoms with Crippen molar-refractivity contribution in [3.8, 4) is 11.3 Å². The number of nitrogens with one attached hydrogen (secondary N) is 1. The average Bonchev–Trinajstić information content (AvgIpc) is 3.45. The van der Waals surface area contributed by atoms with Gasteiger partial charge >= 0.3 is 0 Å². The zero-order valence-corrected chi connectivity index (χ0v) is 19.6. The van der Waals surface area contributed by atoms with Gasteiger partial charge in [0.25, 0.3) is 11.8 Å². The number of nitrogens with two attached hydrogens (primary N) is 2. The monoisotopic (exact) mass is 473 g/mol. The van der Waals surface area contributed by atoms with Crippen LogP contribution in [-0.4, -0.2) is 43.8 Å². The van der Waals surface area contributed by atoms with Crippen LogP contribution < -0.4 is 16.9 Å². The first-order valence-corrected chi connectivity index (χ1v) is 11.3. The Kier molecular flexibility index (Phi) is 6.63. The number of anilines is 1. The highest BCUT2D eigenvalue weighted by Gasteiger charge is 2.34. The Morgan fingerprint density at radius 3 is 2.51 bits per heavy atom. The molecule has 35 heavy (non-hydrogen) atoms. The summed E-state index contributed by atoms with van der Waals surface area (Å²) >= 11 is 0. The predicted octanol–water partition coefficient (Wildman–Crippen LogP) is 2.56. The lowest BCUT2D eigenvalue weighted by molar-refractivity contribution is -0.127. The molecule has 1 aromatic carbocycles. The molecule has 0 aliphatic carbocycles. The van der Waals surface area contributed by atoms with Crippen molar-refractivity contribution in [2.75, 3.05) is 17.7 Å². The summed E-state index contributed by atoms with van der Waals surface area (Å²) in [4.78, 5) is 47.9. The minimum absolute atomic E-state index is 0.0337. The summed E-state index contributed by atoms with van der Waals surface area (Å²) in [5.74, 6) is 5.89. The number of amides is 3. The second-order valence-corrected chi connectivity index (χ2v) is 8.34. The third kappa shape index (κ3) is 4.77. The first-order chi connectivity index (χ1) is 16.8. The van der Waals surface area contributed by atoms with Crippen LogP contribution in [0, 0.1) is 6.92 Å². The summed E-state index contributed by atoms with van der Waals surface area (Å²) in [5, 5.41) is 2.74. The number of hydrogen-bond donors (Lipinski definition) is 3. The fourth-order valence-electron chi connectivity index (χ4n) is 4.17. The molecular formula is C25H27N7O3. The number of primary amides is 1. The summed E-state index contributed by atoms with van der Waals surface area (Å²) in [7, 11) is 0. The van der Waals surface area contributed by atoms with Crippen molar-refractivity contribution in [1.82, 2.24) is 19.5 Å². The van der Waals surface area contributed by atoms with Gasteiger partial charge in [0.05, 0.1) is 6.04 Å². The molecule has 4 rings (SSSR count). The van der Waals surface area contributed by atoms with Crippen molar-refractivity contribution >= 4 is 23.5 Å². The van der Waals surface area contributed by atoms with E-state index in [0.29, 0.717) is 41.4 Å². The smallest absolute Gasteiger partial charge is 0.269 e. The van der Waals surface area contributed by atoms with E-state index in [1.807, 2.05) is 13.0 Å². The largest absolute Gasteiger partial charge is 0.364 e. The van der Waals surface area contributed by atoms with E-state index in [-0.39, 0.29) is 23.6 Å². The van der Waals surface area contributed by atoms with E-state index in [9.17, 15) is 14.4 Å². The summed E-state index contributed by atoms with van der Waals surface area (Å²) < 4.78 is 1.17. The van der Waals surface area contributed by atoms with Gasteiger partial charge in [-0.1, -0.05) is 24.3 Å². The highest BCUT2D eigenvalue weighted by Crippen LogP contribution is 2.34. The van der Waals surface area contributed by atoms with Gasteiger partial charge in [0.15, 0.2) is 11.5 Å². The number of rotatable bonds is 6. The molecule has 1 aliphatic rings. The number of nitrogens with zero attached hydrogens (tertiary/aromatic N) is 4. The molecule has 10 heteroatoms. The van der Waals surface area contributed by atoms with Crippen molar-refractivity contribution in [3.05, 3.63) is 77.4 Å². The number of pyridine rings is 1. The van der Waals surface area contributed by atoms with Gasteiger partial charge in [-0.3, -0.25) is 14.4 Å². The van der Waals surface area contributed by atoms with Gasteiger partial charge in [0.1, 0.15) is 11.5 Å². The quantitative estimate of drug-likeness (QED) is 0.370. The van der Waals surface area contributed by atoms with Crippen LogP contribution in [0.2, 0.25) is 0 Å². The minimum Gasteiger partial charge on any atom is -0.364 e. The number of imidazole rings is 1. The van der Waals surface area contributed by atoms with E-state index in [2.05, 4.69) is 15.3 Å². The number of aryl methyl sites for hydroxylation is 1. The van der Waals surface area contributed by atoms with Gasteiger partial charge in [-0.25, -0.2) is 14.6 Å². The zero-order valence-electron chi connectivity index (χ0n) is 19.6. The molecule has 0 unspecified atom stereocenters. The lowest BCUT2D eigenvalue weighted by Crippen LogP contribution is -2.33. The third-order valence-electron chi connectivity index (χ3n) is 5.89. The van der Waals surface area contributed by atoms with E-state index >= 15 is 0 Å². The molecule has 1 aliphatic heterocycles. The molecule has 2 aromatic heterocycles. The first kappa shape index (κ1) is 23.7. The maximum Gasteiger partial charge on any atom is 0.269 e. The molecule has 10 nitrogen and oxygen atoms in total. The zero-order chi connectivity index (χ0) is 25.1. The molecule has 1 saturated heterocycles. The molecular weight excluding hydrogens is 446 g/mol. The molecule has 5 N–H and O–H groups in total. The molecule has 1 atom stereocenters. The molecule has 1 fully saturated rings. The fourth-order valence-corrected chi connectivity index (χ4v) is 4.17. The van der Waals surface area contributed by atoms with E-state index < -0.39 is 5.91 Å². The van der Waals surface area contributed by atoms with Gasteiger partial charge in [-0.15, -0.1) is 0 Å². The maximum absolute atomic E-state index is 12.6. The van der Waals surface area contributed by atoms with Gasteiger partial charge in [0, 0.05) is 23.9 Å². The van der Waals surface area contributed by atoms with Crippen molar-refractivity contribution in [2.24, 2.45) is 5.73 Å². The third-order valence-corrected chi connectivity index (χ3v) is 5.89. The highest BCUT2D eigenvalue weighted by molar-refractivity contribution is 6.04. The molecule has 3 aromatic rings. The van der Waals surface area contributed by atoms with E-state index in [0.717, 1.165) is 12.0 Å². The van der Waals surface area contributed by atoms with E-state index in [4.69, 9.17) is 11.6 Å². The second kappa shape index (κ2) is 9.80. The van der Waals surface area contributed by atoms with Crippen molar-refractivity contribution in [1.29, 1.82) is 0 Å². The number of carbonyl (C=O) groups is 3. The number of carbonyl (C=O) groups excluding carboxylic acids is 3. The van der Waals surface area contributed by atoms with Crippen LogP contribution in [0.25, 0.3) is 11.3 Å². The fraction of sp³-hybridized carbons (Fsp3) is 0.240. The molecule has 0 radical (unpaired) electrons. The van der Waals surface area contributed by atoms with Gasteiger partial charge in [-0.2, -0.15) is 0 Å². The van der Waals surface area contributed by atoms with E-state index in [1.54, 1.807) is 54.4 Å². The lowest BCUT2D eigenvalue weighted by Gasteiger charge is -2.22. The number of benzene rings is 1. The Labute approximate surface area is 202 Å². The van der Waals surface area contributed by atoms with Crippen molar-refractivity contribution in [2.45, 2.75) is 32.7 Å². The SMILES string of the molecule is C/C=C/C(=O)N1CCC[C@H]1c1nc(-c2ccc(C(=O)Nc3ccc(C)cn3)cc2)c(C(N)=O)n1N. The number of allylic oxidation sites excluding steroid dienone is 1. The molecule has 0 spiro atoms. The van der Waals surface area contributed by atoms with Crippen LogP contribution in [0.5, 0.6) is 0 Å². The Balaban J connectivity index is 1.63. The lowest BCUT2D eigenvalue weighted by atomic mass is 10.1. The average molecular weight is 474 g/mol. The summed E-state index contributed by atoms with van der Waals surface area (Å²) in [6.45, 7) is 4.26. The van der Waals surface area contributed by atoms with Crippen molar-refractivity contribution in [3.63, 3.8) is 0 Å².